The van der Waals surface area contributed by atoms with Crippen molar-refractivity contribution < 1.29 is 17.0 Å². The lowest BCUT2D eigenvalue weighted by Gasteiger charge is -2.01. The Kier molecular flexibility index (Phi) is 5.81. The van der Waals surface area contributed by atoms with Gasteiger partial charge in [-0.15, -0.1) is 11.3 Å². The van der Waals surface area contributed by atoms with Gasteiger partial charge in [0.05, 0.1) is 22.1 Å². The molecule has 140 valence electrons. The number of aryl methyl sites for hydroxylation is 2. The molecule has 0 N–H and O–H groups in total. The molecule has 10 heteroatoms. The van der Waals surface area contributed by atoms with Crippen molar-refractivity contribution in [2.75, 3.05) is 12.9 Å². The van der Waals surface area contributed by atoms with Gasteiger partial charge in [-0.05, 0) is 31.9 Å². The maximum Gasteiger partial charge on any atom is 0.307 e. The summed E-state index contributed by atoms with van der Waals surface area (Å²) >= 11 is 7.48. The van der Waals surface area contributed by atoms with Gasteiger partial charge in [-0.3, -0.25) is 8.75 Å². The van der Waals surface area contributed by atoms with Gasteiger partial charge in [-0.2, -0.15) is 13.4 Å². The van der Waals surface area contributed by atoms with Crippen LogP contribution in [0.4, 0.5) is 0 Å². The molecule has 0 spiro atoms. The molecule has 0 aliphatic rings. The zero-order chi connectivity index (χ0) is 18.7. The fourth-order valence-electron chi connectivity index (χ4n) is 2.42. The maximum absolute atomic E-state index is 11.0. The Hall–Kier alpha value is -1.68. The van der Waals surface area contributed by atoms with E-state index in [1.807, 2.05) is 19.1 Å². The van der Waals surface area contributed by atoms with E-state index in [-0.39, 0.29) is 6.61 Å². The molecule has 3 heterocycles. The zero-order valence-electron chi connectivity index (χ0n) is 14.3. The van der Waals surface area contributed by atoms with Crippen molar-refractivity contribution in [2.45, 2.75) is 26.2 Å². The predicted molar refractivity (Wildman–Crippen MR) is 100 cm³/mol. The third-order valence-corrected chi connectivity index (χ3v) is 5.45. The van der Waals surface area contributed by atoms with E-state index in [9.17, 15) is 8.42 Å². The highest BCUT2D eigenvalue weighted by Crippen LogP contribution is 2.34. The van der Waals surface area contributed by atoms with Gasteiger partial charge < -0.3 is 4.42 Å². The van der Waals surface area contributed by atoms with E-state index in [4.69, 9.17) is 20.2 Å². The molecule has 0 radical (unpaired) electrons. The monoisotopic (exact) mass is 415 g/mol. The highest BCUT2D eigenvalue weighted by Gasteiger charge is 2.18. The maximum atomic E-state index is 11.0. The number of rotatable bonds is 8. The summed E-state index contributed by atoms with van der Waals surface area (Å²) in [6, 6.07) is 4.18. The van der Waals surface area contributed by atoms with Crippen molar-refractivity contribution in [3.8, 4) is 16.6 Å². The van der Waals surface area contributed by atoms with Crippen LogP contribution in [0, 0.1) is 6.92 Å². The molecule has 0 aromatic carbocycles. The lowest BCUT2D eigenvalue weighted by Crippen LogP contribution is -2.04. The second kappa shape index (κ2) is 7.91. The van der Waals surface area contributed by atoms with Crippen molar-refractivity contribution in [1.82, 2.24) is 14.5 Å². The molecular weight excluding hydrogens is 398 g/mol. The number of halogens is 1. The molecule has 7 nitrogen and oxygen atoms in total. The van der Waals surface area contributed by atoms with Crippen LogP contribution in [0.25, 0.3) is 16.6 Å². The van der Waals surface area contributed by atoms with Gasteiger partial charge >= 0.3 is 6.01 Å². The van der Waals surface area contributed by atoms with Crippen LogP contribution >= 0.6 is 22.9 Å². The van der Waals surface area contributed by atoms with Crippen LogP contribution in [-0.2, 0) is 20.7 Å². The van der Waals surface area contributed by atoms with Crippen LogP contribution in [0.5, 0.6) is 0 Å². The summed E-state index contributed by atoms with van der Waals surface area (Å²) < 4.78 is 35.2. The fourth-order valence-corrected chi connectivity index (χ4v) is 3.90. The average Bonchev–Trinajstić information content (AvgIpc) is 3.25. The minimum absolute atomic E-state index is 0.153. The van der Waals surface area contributed by atoms with Crippen LogP contribution in [0.2, 0.25) is 4.34 Å². The smallest absolute Gasteiger partial charge is 0.307 e. The fraction of sp³-hybridized carbons (Fsp3) is 0.375. The zero-order valence-corrected chi connectivity index (χ0v) is 16.7. The molecule has 0 saturated carbocycles. The van der Waals surface area contributed by atoms with Crippen LogP contribution < -0.4 is 0 Å². The first kappa shape index (κ1) is 19.1. The Bertz CT molecular complexity index is 991. The number of imidazole rings is 1. The summed E-state index contributed by atoms with van der Waals surface area (Å²) in [7, 11) is -3.41. The quantitative estimate of drug-likeness (QED) is 0.410. The van der Waals surface area contributed by atoms with Crippen LogP contribution in [-0.4, -0.2) is 35.8 Å². The number of unbranched alkanes of at least 4 members (excludes halogenated alkanes) is 1. The van der Waals surface area contributed by atoms with Gasteiger partial charge in [0, 0.05) is 18.8 Å². The Morgan fingerprint density at radius 2 is 2.15 bits per heavy atom. The number of aromatic nitrogens is 3. The van der Waals surface area contributed by atoms with Gasteiger partial charge in [0.25, 0.3) is 10.1 Å². The Balaban J connectivity index is 1.78. The standard InChI is InChI=1S/C16H18ClN3O4S2/c1-11-18-8-9-20(11)16-19-15(13-6-7-14(17)25-13)12(24-16)5-3-4-10-23-26(2,21)22/h6-9H,3-5,10H2,1-2H3. The van der Waals surface area contributed by atoms with Gasteiger partial charge in [0.2, 0.25) is 0 Å². The molecule has 0 atom stereocenters. The van der Waals surface area contributed by atoms with Crippen molar-refractivity contribution in [3.05, 3.63) is 40.4 Å². The average molecular weight is 416 g/mol. The summed E-state index contributed by atoms with van der Waals surface area (Å²) in [6.45, 7) is 2.02. The van der Waals surface area contributed by atoms with E-state index in [2.05, 4.69) is 9.97 Å². The molecule has 3 aromatic rings. The third kappa shape index (κ3) is 4.73. The summed E-state index contributed by atoms with van der Waals surface area (Å²) in [5, 5.41) is 0. The van der Waals surface area contributed by atoms with Crippen LogP contribution in [0.1, 0.15) is 24.4 Å². The second-order valence-electron chi connectivity index (χ2n) is 5.70. The van der Waals surface area contributed by atoms with Gasteiger partial charge in [0.1, 0.15) is 17.3 Å². The highest BCUT2D eigenvalue weighted by molar-refractivity contribution is 7.85. The normalized spacial score (nSPS) is 12.0. The molecule has 3 rings (SSSR count). The first-order valence-electron chi connectivity index (χ1n) is 7.93. The minimum atomic E-state index is -3.41. The highest BCUT2D eigenvalue weighted by atomic mass is 35.5. The topological polar surface area (TPSA) is 87.2 Å². The van der Waals surface area contributed by atoms with Crippen molar-refractivity contribution in [2.24, 2.45) is 0 Å². The second-order valence-corrected chi connectivity index (χ2v) is 9.06. The van der Waals surface area contributed by atoms with E-state index < -0.39 is 10.1 Å². The predicted octanol–water partition coefficient (Wildman–Crippen LogP) is 3.85. The number of thiophene rings is 1. The third-order valence-electron chi connectivity index (χ3n) is 3.62. The molecule has 0 fully saturated rings. The molecule has 0 amide bonds. The van der Waals surface area contributed by atoms with E-state index in [0.717, 1.165) is 28.4 Å². The Labute approximate surface area is 160 Å². The molecule has 3 aromatic heterocycles. The summed E-state index contributed by atoms with van der Waals surface area (Å²) in [5.74, 6) is 1.50. The first-order chi connectivity index (χ1) is 12.3. The summed E-state index contributed by atoms with van der Waals surface area (Å²) in [4.78, 5) is 9.73. The lowest BCUT2D eigenvalue weighted by atomic mass is 10.1. The van der Waals surface area contributed by atoms with Gasteiger partial charge in [0.15, 0.2) is 0 Å². The number of hydrogen-bond acceptors (Lipinski definition) is 7. The van der Waals surface area contributed by atoms with Crippen LogP contribution in [0.3, 0.4) is 0 Å². The summed E-state index contributed by atoms with van der Waals surface area (Å²) in [6.07, 6.45) is 6.43. The Morgan fingerprint density at radius 3 is 2.77 bits per heavy atom. The molecular formula is C16H18ClN3O4S2. The van der Waals surface area contributed by atoms with E-state index in [1.54, 1.807) is 17.0 Å². The largest absolute Gasteiger partial charge is 0.427 e. The van der Waals surface area contributed by atoms with Gasteiger partial charge in [-0.25, -0.2) is 4.98 Å². The molecule has 0 unspecified atom stereocenters. The van der Waals surface area contributed by atoms with Crippen molar-refractivity contribution >= 4 is 33.1 Å². The molecule has 26 heavy (non-hydrogen) atoms. The van der Waals surface area contributed by atoms with E-state index >= 15 is 0 Å². The SMILES string of the molecule is Cc1nccn1-c1nc(-c2ccc(Cl)s2)c(CCCCOS(C)(=O)=O)o1. The number of oxazole rings is 1. The molecule has 0 saturated heterocycles. The number of hydrogen-bond donors (Lipinski definition) is 0. The lowest BCUT2D eigenvalue weighted by molar-refractivity contribution is 0.310. The Morgan fingerprint density at radius 1 is 1.35 bits per heavy atom. The van der Waals surface area contributed by atoms with Crippen molar-refractivity contribution in [3.63, 3.8) is 0 Å². The van der Waals surface area contributed by atoms with E-state index in [1.165, 1.54) is 11.3 Å². The van der Waals surface area contributed by atoms with Gasteiger partial charge in [-0.1, -0.05) is 11.6 Å². The first-order valence-corrected chi connectivity index (χ1v) is 10.9. The van der Waals surface area contributed by atoms with Crippen molar-refractivity contribution in [1.29, 1.82) is 0 Å². The molecule has 0 aliphatic carbocycles. The molecule has 0 bridgehead atoms. The minimum Gasteiger partial charge on any atom is -0.427 e. The summed E-state index contributed by atoms with van der Waals surface area (Å²) in [5.41, 5.74) is 0.744. The number of nitrogens with zero attached hydrogens (tertiary/aromatic N) is 3. The van der Waals surface area contributed by atoms with E-state index in [0.29, 0.717) is 29.6 Å². The molecule has 0 aliphatic heterocycles. The van der Waals surface area contributed by atoms with Crippen LogP contribution in [0.15, 0.2) is 28.9 Å².